The van der Waals surface area contributed by atoms with E-state index in [1.54, 1.807) is 0 Å². The van der Waals surface area contributed by atoms with Gasteiger partial charge in [-0.2, -0.15) is 0 Å². The molecule has 0 aliphatic rings. The molecule has 8 aromatic carbocycles. The van der Waals surface area contributed by atoms with Crippen LogP contribution >= 0.6 is 22.7 Å². The number of para-hydroxylation sites is 1. The third-order valence-electron chi connectivity index (χ3n) is 10.1. The lowest BCUT2D eigenvalue weighted by molar-refractivity contribution is 0.669. The van der Waals surface area contributed by atoms with Crippen LogP contribution in [0.25, 0.3) is 84.2 Å². The van der Waals surface area contributed by atoms with Crippen molar-refractivity contribution in [3.8, 4) is 11.1 Å². The molecule has 0 radical (unpaired) electrons. The van der Waals surface area contributed by atoms with Crippen LogP contribution in [-0.2, 0) is 0 Å². The molecule has 0 saturated carbocycles. The van der Waals surface area contributed by atoms with Gasteiger partial charge in [-0.15, -0.1) is 22.7 Å². The van der Waals surface area contributed by atoms with Gasteiger partial charge in [0.15, 0.2) is 0 Å². The van der Waals surface area contributed by atoms with E-state index in [1.807, 2.05) is 34.8 Å². The van der Waals surface area contributed by atoms with Gasteiger partial charge in [0.2, 0.25) is 0 Å². The molecular weight excluding hydrogens is 647 g/mol. The Morgan fingerprint density at radius 3 is 1.86 bits per heavy atom. The van der Waals surface area contributed by atoms with E-state index in [-0.39, 0.29) is 0 Å². The molecule has 0 N–H and O–H groups in total. The van der Waals surface area contributed by atoms with E-state index < -0.39 is 0 Å². The van der Waals surface area contributed by atoms with Crippen LogP contribution in [0.3, 0.4) is 0 Å². The van der Waals surface area contributed by atoms with Crippen molar-refractivity contribution in [2.24, 2.45) is 0 Å². The predicted molar refractivity (Wildman–Crippen MR) is 217 cm³/mol. The first kappa shape index (κ1) is 28.0. The molecule has 0 spiro atoms. The number of furan rings is 1. The number of benzene rings is 8. The largest absolute Gasteiger partial charge is 0.456 e. The summed E-state index contributed by atoms with van der Waals surface area (Å²) in [7, 11) is 0. The molecule has 0 saturated heterocycles. The number of anilines is 3. The van der Waals surface area contributed by atoms with Crippen LogP contribution < -0.4 is 4.90 Å². The lowest BCUT2D eigenvalue weighted by atomic mass is 9.96. The number of hydrogen-bond acceptors (Lipinski definition) is 4. The number of nitrogens with zero attached hydrogens (tertiary/aromatic N) is 1. The van der Waals surface area contributed by atoms with E-state index in [9.17, 15) is 0 Å². The summed E-state index contributed by atoms with van der Waals surface area (Å²) in [5.41, 5.74) is 7.52. The molecule has 0 bridgehead atoms. The van der Waals surface area contributed by atoms with E-state index in [0.29, 0.717) is 0 Å². The summed E-state index contributed by atoms with van der Waals surface area (Å²) in [6.07, 6.45) is 0. The average molecular weight is 674 g/mol. The zero-order valence-electron chi connectivity index (χ0n) is 26.8. The number of hydrogen-bond donors (Lipinski definition) is 0. The smallest absolute Gasteiger partial charge is 0.137 e. The summed E-state index contributed by atoms with van der Waals surface area (Å²) in [4.78, 5) is 2.35. The van der Waals surface area contributed by atoms with Gasteiger partial charge in [-0.05, 0) is 71.1 Å². The van der Waals surface area contributed by atoms with E-state index in [0.717, 1.165) is 39.0 Å². The fourth-order valence-electron chi connectivity index (χ4n) is 7.74. The third-order valence-corrected chi connectivity index (χ3v) is 12.4. The molecule has 11 rings (SSSR count). The van der Waals surface area contributed by atoms with Gasteiger partial charge in [0, 0.05) is 79.6 Å². The van der Waals surface area contributed by atoms with E-state index in [2.05, 4.69) is 157 Å². The van der Waals surface area contributed by atoms with Crippen molar-refractivity contribution < 1.29 is 4.42 Å². The first-order valence-electron chi connectivity index (χ1n) is 16.8. The maximum absolute atomic E-state index is 6.38. The fraction of sp³-hybridized carbons (Fsp3) is 0. The number of thiophene rings is 2. The van der Waals surface area contributed by atoms with Crippen molar-refractivity contribution in [2.75, 3.05) is 4.90 Å². The highest BCUT2D eigenvalue weighted by atomic mass is 32.1. The molecule has 4 heteroatoms. The lowest BCUT2D eigenvalue weighted by Crippen LogP contribution is -2.09. The summed E-state index contributed by atoms with van der Waals surface area (Å²) in [6.45, 7) is 0. The fourth-order valence-corrected chi connectivity index (χ4v) is 10.1. The van der Waals surface area contributed by atoms with Crippen molar-refractivity contribution in [3.63, 3.8) is 0 Å². The summed E-state index contributed by atoms with van der Waals surface area (Å²) < 4.78 is 11.6. The summed E-state index contributed by atoms with van der Waals surface area (Å²) in [5, 5.41) is 10.1. The highest BCUT2D eigenvalue weighted by Crippen LogP contribution is 2.45. The molecular formula is C46H27NOS2. The molecule has 2 nitrogen and oxygen atoms in total. The second kappa shape index (κ2) is 10.8. The Kier molecular flexibility index (Phi) is 6.03. The molecule has 0 aliphatic carbocycles. The van der Waals surface area contributed by atoms with Crippen LogP contribution in [0.1, 0.15) is 0 Å². The minimum Gasteiger partial charge on any atom is -0.456 e. The Hall–Kier alpha value is -5.94. The van der Waals surface area contributed by atoms with Crippen molar-refractivity contribution >= 4 is 113 Å². The monoisotopic (exact) mass is 673 g/mol. The predicted octanol–water partition coefficient (Wildman–Crippen LogP) is 14.6. The van der Waals surface area contributed by atoms with Gasteiger partial charge in [0.25, 0.3) is 0 Å². The van der Waals surface area contributed by atoms with Crippen molar-refractivity contribution in [3.05, 3.63) is 164 Å². The molecule has 0 unspecified atom stereocenters. The first-order chi connectivity index (χ1) is 24.8. The molecule has 3 heterocycles. The molecule has 0 fully saturated rings. The standard InChI is InChI=1S/C46H27NOS2/c1-4-13-40-34(9-1)35-24-21-31(26-41(35)48-40)47(32-22-25-38-36-10-2-5-14-42(36)49-44(38)27-32)30-19-16-28(17-20-30)33-12-7-8-29-18-23-39-37-11-3-6-15-43(37)50-46(39)45(29)33/h1-27H. The van der Waals surface area contributed by atoms with E-state index >= 15 is 0 Å². The maximum Gasteiger partial charge on any atom is 0.137 e. The molecule has 0 atom stereocenters. The Labute approximate surface area is 295 Å². The van der Waals surface area contributed by atoms with Gasteiger partial charge in [-0.1, -0.05) is 103 Å². The summed E-state index contributed by atoms with van der Waals surface area (Å²) in [6, 6.07) is 59.5. The van der Waals surface area contributed by atoms with Gasteiger partial charge < -0.3 is 9.32 Å². The molecule has 0 amide bonds. The van der Waals surface area contributed by atoms with E-state index in [4.69, 9.17) is 4.42 Å². The minimum absolute atomic E-state index is 0.886. The average Bonchev–Trinajstić information content (AvgIpc) is 3.86. The Morgan fingerprint density at radius 2 is 1.02 bits per heavy atom. The summed E-state index contributed by atoms with van der Waals surface area (Å²) >= 11 is 3.74. The normalized spacial score (nSPS) is 12.0. The Balaban J connectivity index is 1.09. The van der Waals surface area contributed by atoms with Crippen molar-refractivity contribution in [1.29, 1.82) is 0 Å². The lowest BCUT2D eigenvalue weighted by Gasteiger charge is -2.26. The zero-order valence-corrected chi connectivity index (χ0v) is 28.4. The van der Waals surface area contributed by atoms with E-state index in [1.165, 1.54) is 62.2 Å². The first-order valence-corrected chi connectivity index (χ1v) is 18.5. The molecule has 234 valence electrons. The topological polar surface area (TPSA) is 16.4 Å². The van der Waals surface area contributed by atoms with Gasteiger partial charge in [-0.25, -0.2) is 0 Å². The van der Waals surface area contributed by atoms with Crippen molar-refractivity contribution in [2.45, 2.75) is 0 Å². The minimum atomic E-state index is 0.886. The zero-order chi connectivity index (χ0) is 32.8. The SMILES string of the molecule is c1cc(-c2ccc(N(c3ccc4c(c3)oc3ccccc34)c3ccc4c(c3)sc3ccccc34)cc2)c2c(c1)ccc1c3ccccc3sc12. The highest BCUT2D eigenvalue weighted by molar-refractivity contribution is 7.27. The molecule has 3 aromatic heterocycles. The van der Waals surface area contributed by atoms with Gasteiger partial charge >= 0.3 is 0 Å². The molecule has 0 aliphatic heterocycles. The van der Waals surface area contributed by atoms with Gasteiger partial charge in [0.1, 0.15) is 11.2 Å². The van der Waals surface area contributed by atoms with Gasteiger partial charge in [0.05, 0.1) is 0 Å². The van der Waals surface area contributed by atoms with Crippen LogP contribution in [0.2, 0.25) is 0 Å². The second-order valence-corrected chi connectivity index (χ2v) is 15.0. The molecule has 50 heavy (non-hydrogen) atoms. The van der Waals surface area contributed by atoms with Gasteiger partial charge in [-0.3, -0.25) is 0 Å². The summed E-state index contributed by atoms with van der Waals surface area (Å²) in [5.74, 6) is 0. The quantitative estimate of drug-likeness (QED) is 0.185. The third kappa shape index (κ3) is 4.19. The van der Waals surface area contributed by atoms with Crippen LogP contribution in [0.4, 0.5) is 17.1 Å². The van der Waals surface area contributed by atoms with Crippen LogP contribution in [0, 0.1) is 0 Å². The maximum atomic E-state index is 6.38. The highest BCUT2D eigenvalue weighted by Gasteiger charge is 2.18. The van der Waals surface area contributed by atoms with Crippen molar-refractivity contribution in [1.82, 2.24) is 0 Å². The Morgan fingerprint density at radius 1 is 0.400 bits per heavy atom. The van der Waals surface area contributed by atoms with Crippen LogP contribution in [0.15, 0.2) is 168 Å². The number of fused-ring (bicyclic) bond motifs is 11. The van der Waals surface area contributed by atoms with Crippen LogP contribution in [-0.4, -0.2) is 0 Å². The second-order valence-electron chi connectivity index (χ2n) is 12.9. The Bertz CT molecular complexity index is 2990. The molecule has 11 aromatic rings. The van der Waals surface area contributed by atoms with Crippen LogP contribution in [0.5, 0.6) is 0 Å². The number of rotatable bonds is 4.